The van der Waals surface area contributed by atoms with Crippen molar-refractivity contribution in [2.24, 2.45) is 56.2 Å². The van der Waals surface area contributed by atoms with E-state index in [1.54, 1.807) is 7.11 Å². The molecule has 1 heterocycles. The van der Waals surface area contributed by atoms with E-state index in [2.05, 4.69) is 54.5 Å². The Balaban J connectivity index is 1.33. The molecule has 15 atom stereocenters. The fraction of sp³-hybridized carbons (Fsp3) is 0.895. The lowest BCUT2D eigenvalue weighted by Crippen LogP contribution is -2.68. The summed E-state index contributed by atoms with van der Waals surface area (Å²) in [4.78, 5) is 25.1. The summed E-state index contributed by atoms with van der Waals surface area (Å²) in [5.74, 6) is -2.47. The topological polar surface area (TPSA) is 183 Å². The first-order valence-corrected chi connectivity index (χ1v) is 18.3. The molecule has 0 aromatic heterocycles. The van der Waals surface area contributed by atoms with Gasteiger partial charge in [0.05, 0.1) is 24.2 Å². The van der Waals surface area contributed by atoms with Gasteiger partial charge in [0.1, 0.15) is 18.3 Å². The monoisotopic (exact) mass is 692 g/mol. The Morgan fingerprint density at radius 3 is 2.16 bits per heavy atom. The lowest BCUT2D eigenvalue weighted by atomic mass is 9.33. The maximum atomic E-state index is 13.4. The van der Waals surface area contributed by atoms with Gasteiger partial charge in [0.25, 0.3) is 0 Å². The predicted molar refractivity (Wildman–Crippen MR) is 178 cm³/mol. The largest absolute Gasteiger partial charge is 0.481 e. The molecule has 6 aliphatic rings. The highest BCUT2D eigenvalue weighted by atomic mass is 16.7. The summed E-state index contributed by atoms with van der Waals surface area (Å²) in [6.07, 6.45) is -1.17. The SMILES string of the molecule is COC[C@H]1CC(C)(C)[C@H](O)[C@H]2C3=CC[C@@H]4[C@@]5(C)CC[C@H](O[C@@H]6O[C@H](C(=O)O)[C@@H](O)[C@H](O)[C@H]6O)C(C)(C)[C@@H]5CC[C@@]4(C)[C@]3(C)CC[C@@]12C(=O)O. The summed E-state index contributed by atoms with van der Waals surface area (Å²) in [5, 5.41) is 64.0. The standard InChI is InChI=1S/C38H60O11/c1-33(2)17-19(18-47-8)38(32(45)46)16-15-36(6)20(24(38)29(33)42)9-10-22-35(5)13-12-23(34(3,4)21(35)11-14-37(22,36)7)48-31-27(41)25(39)26(40)28(49-31)30(43)44/h9,19,21-29,31,39-42H,10-18H2,1-8H3,(H,43,44)(H,45,46)/t19-,21+,22-,23+,24-,25+,26+,27-,28+,29-,31-,35+,36-,37-,38-/m1/s1. The van der Waals surface area contributed by atoms with E-state index in [-0.39, 0.29) is 34.2 Å². The van der Waals surface area contributed by atoms with Gasteiger partial charge >= 0.3 is 11.9 Å². The molecule has 0 bridgehead atoms. The number of hydrogen-bond acceptors (Lipinski definition) is 9. The molecule has 11 nitrogen and oxygen atoms in total. The highest BCUT2D eigenvalue weighted by molar-refractivity contribution is 5.77. The minimum absolute atomic E-state index is 0.100. The number of allylic oxidation sites excluding steroid dienone is 1. The maximum absolute atomic E-state index is 13.4. The van der Waals surface area contributed by atoms with Gasteiger partial charge in [-0.2, -0.15) is 0 Å². The van der Waals surface area contributed by atoms with Crippen LogP contribution in [0.1, 0.15) is 99.8 Å². The summed E-state index contributed by atoms with van der Waals surface area (Å²) >= 11 is 0. The number of carboxylic acid groups (broad SMARTS) is 2. The van der Waals surface area contributed by atoms with Crippen LogP contribution in [0.25, 0.3) is 0 Å². The highest BCUT2D eigenvalue weighted by Crippen LogP contribution is 2.76. The molecule has 0 amide bonds. The van der Waals surface area contributed by atoms with E-state index in [0.717, 1.165) is 37.7 Å². The van der Waals surface area contributed by atoms with Crippen molar-refractivity contribution in [2.75, 3.05) is 13.7 Å². The van der Waals surface area contributed by atoms with E-state index in [1.165, 1.54) is 0 Å². The minimum atomic E-state index is -1.77. The number of fused-ring (bicyclic) bond motifs is 7. The van der Waals surface area contributed by atoms with E-state index in [4.69, 9.17) is 14.2 Å². The third-order valence-corrected chi connectivity index (χ3v) is 15.9. The molecule has 0 spiro atoms. The zero-order valence-electron chi connectivity index (χ0n) is 30.5. The second-order valence-corrected chi connectivity index (χ2v) is 18.6. The van der Waals surface area contributed by atoms with Crippen LogP contribution < -0.4 is 0 Å². The van der Waals surface area contributed by atoms with Gasteiger partial charge in [0, 0.05) is 13.0 Å². The molecule has 5 aliphatic carbocycles. The van der Waals surface area contributed by atoms with Crippen LogP contribution in [0.4, 0.5) is 0 Å². The van der Waals surface area contributed by atoms with Crippen molar-refractivity contribution in [3.63, 3.8) is 0 Å². The van der Waals surface area contributed by atoms with Crippen LogP contribution in [-0.4, -0.2) is 99.2 Å². The van der Waals surface area contributed by atoms with Crippen molar-refractivity contribution in [1.29, 1.82) is 0 Å². The predicted octanol–water partition coefficient (Wildman–Crippen LogP) is 3.99. The molecule has 0 aromatic carbocycles. The third kappa shape index (κ3) is 4.99. The smallest absolute Gasteiger partial charge is 0.335 e. The molecule has 49 heavy (non-hydrogen) atoms. The Hall–Kier alpha value is -1.60. The van der Waals surface area contributed by atoms with Crippen LogP contribution >= 0.6 is 0 Å². The van der Waals surface area contributed by atoms with Crippen molar-refractivity contribution < 1.29 is 54.4 Å². The number of rotatable bonds is 6. The molecule has 0 unspecified atom stereocenters. The Morgan fingerprint density at radius 1 is 0.878 bits per heavy atom. The van der Waals surface area contributed by atoms with Gasteiger partial charge in [-0.25, -0.2) is 4.79 Å². The minimum Gasteiger partial charge on any atom is -0.481 e. The summed E-state index contributed by atoms with van der Waals surface area (Å²) in [6.45, 7) is 15.9. The molecule has 0 radical (unpaired) electrons. The van der Waals surface area contributed by atoms with Gasteiger partial charge in [-0.15, -0.1) is 0 Å². The average Bonchev–Trinajstić information content (AvgIpc) is 3.00. The summed E-state index contributed by atoms with van der Waals surface area (Å²) in [5.41, 5.74) is -1.39. The van der Waals surface area contributed by atoms with Crippen LogP contribution in [0.5, 0.6) is 0 Å². The fourth-order valence-corrected chi connectivity index (χ4v) is 13.0. The zero-order valence-corrected chi connectivity index (χ0v) is 30.5. The highest BCUT2D eigenvalue weighted by Gasteiger charge is 2.72. The van der Waals surface area contributed by atoms with Crippen LogP contribution in [0.15, 0.2) is 11.6 Å². The second kappa shape index (κ2) is 12.0. The van der Waals surface area contributed by atoms with Crippen molar-refractivity contribution in [3.8, 4) is 0 Å². The summed E-state index contributed by atoms with van der Waals surface area (Å²) < 4.78 is 17.5. The lowest BCUT2D eigenvalue weighted by molar-refractivity contribution is -0.324. The summed E-state index contributed by atoms with van der Waals surface area (Å²) in [6, 6.07) is 0. The molecule has 4 saturated carbocycles. The molecule has 5 fully saturated rings. The van der Waals surface area contributed by atoms with Gasteiger partial charge in [-0.1, -0.05) is 60.1 Å². The van der Waals surface area contributed by atoms with Crippen LogP contribution in [0, 0.1) is 56.2 Å². The molecular weight excluding hydrogens is 632 g/mol. The Morgan fingerprint density at radius 2 is 1.55 bits per heavy atom. The van der Waals surface area contributed by atoms with Gasteiger partial charge < -0.3 is 44.8 Å². The first-order valence-electron chi connectivity index (χ1n) is 18.3. The normalized spacial score (nSPS) is 51.7. The first kappa shape index (κ1) is 37.2. The van der Waals surface area contributed by atoms with E-state index >= 15 is 0 Å². The number of ether oxygens (including phenoxy) is 3. The van der Waals surface area contributed by atoms with Gasteiger partial charge in [0.2, 0.25) is 0 Å². The number of aliphatic carboxylic acids is 2. The van der Waals surface area contributed by atoms with Gasteiger partial charge in [-0.05, 0) is 96.2 Å². The van der Waals surface area contributed by atoms with Crippen LogP contribution in [0.3, 0.4) is 0 Å². The van der Waals surface area contributed by atoms with Gasteiger partial charge in [-0.3, -0.25) is 4.79 Å². The van der Waals surface area contributed by atoms with Crippen LogP contribution in [0.2, 0.25) is 0 Å². The van der Waals surface area contributed by atoms with Crippen molar-refractivity contribution in [2.45, 2.75) is 143 Å². The number of aliphatic hydroxyl groups excluding tert-OH is 4. The molecule has 6 rings (SSSR count). The lowest BCUT2D eigenvalue weighted by Gasteiger charge is -2.72. The number of hydrogen-bond donors (Lipinski definition) is 6. The second-order valence-electron chi connectivity index (χ2n) is 18.6. The molecule has 6 N–H and O–H groups in total. The number of carboxylic acids is 2. The Kier molecular flexibility index (Phi) is 9.08. The quantitative estimate of drug-likeness (QED) is 0.175. The number of carbonyl (C=O) groups is 2. The Bertz CT molecular complexity index is 1360. The summed E-state index contributed by atoms with van der Waals surface area (Å²) in [7, 11) is 1.63. The first-order chi connectivity index (χ1) is 22.6. The fourth-order valence-electron chi connectivity index (χ4n) is 13.0. The molecule has 1 aliphatic heterocycles. The van der Waals surface area contributed by atoms with E-state index in [1.807, 2.05) is 0 Å². The third-order valence-electron chi connectivity index (χ3n) is 15.9. The molecule has 278 valence electrons. The van der Waals surface area contributed by atoms with E-state index in [9.17, 15) is 40.2 Å². The average molecular weight is 693 g/mol. The number of aliphatic hydroxyl groups is 4. The van der Waals surface area contributed by atoms with Crippen LogP contribution in [-0.2, 0) is 23.8 Å². The van der Waals surface area contributed by atoms with Crippen molar-refractivity contribution >= 4 is 11.9 Å². The van der Waals surface area contributed by atoms with E-state index < -0.39 is 70.9 Å². The molecular formula is C38H60O11. The van der Waals surface area contributed by atoms with Crippen molar-refractivity contribution in [3.05, 3.63) is 11.6 Å². The molecule has 11 heteroatoms. The molecule has 0 aromatic rings. The molecule has 1 saturated heterocycles. The Labute approximate surface area is 290 Å². The van der Waals surface area contributed by atoms with Crippen molar-refractivity contribution in [1.82, 2.24) is 0 Å². The zero-order chi connectivity index (χ0) is 36.3. The maximum Gasteiger partial charge on any atom is 0.335 e. The van der Waals surface area contributed by atoms with E-state index in [0.29, 0.717) is 31.8 Å². The number of methoxy groups -OCH3 is 1. The van der Waals surface area contributed by atoms with Gasteiger partial charge in [0.15, 0.2) is 12.4 Å².